The summed E-state index contributed by atoms with van der Waals surface area (Å²) in [5.74, 6) is 0.124. The predicted octanol–water partition coefficient (Wildman–Crippen LogP) is 0.464. The van der Waals surface area contributed by atoms with Crippen LogP contribution in [-0.4, -0.2) is 47.1 Å². The lowest BCUT2D eigenvalue weighted by atomic mass is 10.0. The van der Waals surface area contributed by atoms with E-state index in [0.717, 1.165) is 12.8 Å². The van der Waals surface area contributed by atoms with Crippen LogP contribution in [0, 0.1) is 6.92 Å². The van der Waals surface area contributed by atoms with E-state index in [1.807, 2.05) is 0 Å². The molecule has 1 aliphatic rings. The Kier molecular flexibility index (Phi) is 5.70. The number of nitrogens with one attached hydrogen (secondary N) is 1. The van der Waals surface area contributed by atoms with E-state index >= 15 is 0 Å². The van der Waals surface area contributed by atoms with Crippen LogP contribution < -0.4 is 4.90 Å². The Morgan fingerprint density at radius 2 is 2.14 bits per heavy atom. The molecule has 0 unspecified atom stereocenters. The average molecular weight is 292 g/mol. The van der Waals surface area contributed by atoms with Crippen molar-refractivity contribution in [2.24, 2.45) is 4.99 Å². The minimum atomic E-state index is -0.138. The Balaban J connectivity index is 2.04. The summed E-state index contributed by atoms with van der Waals surface area (Å²) in [6, 6.07) is 0.324. The zero-order chi connectivity index (χ0) is 15.2. The van der Waals surface area contributed by atoms with Crippen LogP contribution in [0.5, 0.6) is 5.75 Å². The summed E-state index contributed by atoms with van der Waals surface area (Å²) in [5.41, 5.74) is 1.79. The van der Waals surface area contributed by atoms with Crippen LogP contribution in [0.2, 0.25) is 0 Å². The van der Waals surface area contributed by atoms with Crippen LogP contribution in [0.15, 0.2) is 11.2 Å². The lowest BCUT2D eigenvalue weighted by Crippen LogP contribution is -3.13. The van der Waals surface area contributed by atoms with E-state index < -0.39 is 0 Å². The van der Waals surface area contributed by atoms with E-state index in [0.29, 0.717) is 22.9 Å². The maximum Gasteiger partial charge on any atom is 0.145 e. The van der Waals surface area contributed by atoms with Gasteiger partial charge in [0.2, 0.25) is 0 Å². The van der Waals surface area contributed by atoms with Crippen LogP contribution in [0.25, 0.3) is 0 Å². The highest BCUT2D eigenvalue weighted by molar-refractivity contribution is 5.85. The van der Waals surface area contributed by atoms with Gasteiger partial charge in [-0.3, -0.25) is 9.98 Å². The maximum absolute atomic E-state index is 10.1. The molecule has 1 aromatic heterocycles. The first-order valence-electron chi connectivity index (χ1n) is 7.80. The van der Waals surface area contributed by atoms with Crippen LogP contribution in [0.1, 0.15) is 43.0 Å². The molecule has 0 radical (unpaired) electrons. The standard InChI is InChI=1S/C16H25N3O2/c1-3-6-19-7-4-14(5-8-19)18-10-15-13(11-20)9-17-12(2)16(15)21/h9-10,14,20-21H,3-8,11H2,1-2H3/p+1. The molecule has 1 fully saturated rings. The maximum atomic E-state index is 10.1. The highest BCUT2D eigenvalue weighted by Crippen LogP contribution is 2.22. The fourth-order valence-electron chi connectivity index (χ4n) is 2.87. The average Bonchev–Trinajstić information content (AvgIpc) is 2.50. The molecule has 1 aromatic rings. The molecule has 0 atom stereocenters. The fourth-order valence-corrected chi connectivity index (χ4v) is 2.87. The van der Waals surface area contributed by atoms with Crippen molar-refractivity contribution in [2.75, 3.05) is 19.6 Å². The number of aromatic hydroxyl groups is 1. The van der Waals surface area contributed by atoms with Crippen molar-refractivity contribution in [3.05, 3.63) is 23.0 Å². The lowest BCUT2D eigenvalue weighted by Gasteiger charge is -2.27. The van der Waals surface area contributed by atoms with Crippen molar-refractivity contribution in [3.8, 4) is 5.75 Å². The van der Waals surface area contributed by atoms with Gasteiger partial charge in [-0.25, -0.2) is 0 Å². The number of aryl methyl sites for hydroxylation is 1. The number of piperidine rings is 1. The second kappa shape index (κ2) is 7.52. The Morgan fingerprint density at radius 3 is 2.76 bits per heavy atom. The molecule has 1 saturated heterocycles. The third kappa shape index (κ3) is 4.02. The molecule has 0 aromatic carbocycles. The Morgan fingerprint density at radius 1 is 1.43 bits per heavy atom. The largest absolute Gasteiger partial charge is 0.505 e. The minimum Gasteiger partial charge on any atom is -0.505 e. The van der Waals surface area contributed by atoms with Gasteiger partial charge in [-0.1, -0.05) is 6.92 Å². The second-order valence-corrected chi connectivity index (χ2v) is 5.80. The van der Waals surface area contributed by atoms with Crippen LogP contribution >= 0.6 is 0 Å². The van der Waals surface area contributed by atoms with Gasteiger partial charge in [0.15, 0.2) is 0 Å². The van der Waals surface area contributed by atoms with E-state index in [-0.39, 0.29) is 12.4 Å². The molecule has 0 bridgehead atoms. The molecular weight excluding hydrogens is 266 g/mol. The van der Waals surface area contributed by atoms with Gasteiger partial charge in [-0.2, -0.15) is 0 Å². The van der Waals surface area contributed by atoms with Crippen LogP contribution in [0.3, 0.4) is 0 Å². The first kappa shape index (κ1) is 15.9. The molecule has 2 heterocycles. The molecular formula is C16H26N3O2+. The summed E-state index contributed by atoms with van der Waals surface area (Å²) in [5, 5.41) is 19.4. The third-order valence-electron chi connectivity index (χ3n) is 4.21. The number of hydrogen-bond donors (Lipinski definition) is 3. The highest BCUT2D eigenvalue weighted by atomic mass is 16.3. The van der Waals surface area contributed by atoms with Crippen LogP contribution in [-0.2, 0) is 6.61 Å². The molecule has 0 spiro atoms. The lowest BCUT2D eigenvalue weighted by molar-refractivity contribution is -0.905. The van der Waals surface area contributed by atoms with E-state index in [4.69, 9.17) is 0 Å². The van der Waals surface area contributed by atoms with Gasteiger partial charge >= 0.3 is 0 Å². The molecule has 2 rings (SSSR count). The number of quaternary nitrogens is 1. The Bertz CT molecular complexity index is 495. The molecule has 3 N–H and O–H groups in total. The van der Waals surface area contributed by atoms with Crippen molar-refractivity contribution < 1.29 is 15.1 Å². The summed E-state index contributed by atoms with van der Waals surface area (Å²) in [6.07, 6.45) is 6.72. The number of aliphatic imine (C=N–C) groups is 1. The summed E-state index contributed by atoms with van der Waals surface area (Å²) in [4.78, 5) is 10.4. The van der Waals surface area contributed by atoms with Crippen molar-refractivity contribution in [3.63, 3.8) is 0 Å². The number of aliphatic hydroxyl groups excluding tert-OH is 1. The van der Waals surface area contributed by atoms with Crippen molar-refractivity contribution >= 4 is 6.21 Å². The molecule has 1 aliphatic heterocycles. The van der Waals surface area contributed by atoms with Gasteiger partial charge in [0.25, 0.3) is 0 Å². The van der Waals surface area contributed by atoms with Gasteiger partial charge in [0.1, 0.15) is 5.75 Å². The SMILES string of the molecule is CCC[NH+]1CCC(N=Cc2c(CO)cnc(C)c2O)CC1. The number of aromatic nitrogens is 1. The smallest absolute Gasteiger partial charge is 0.145 e. The predicted molar refractivity (Wildman–Crippen MR) is 83.0 cm³/mol. The van der Waals surface area contributed by atoms with E-state index in [9.17, 15) is 10.2 Å². The number of likely N-dealkylation sites (tertiary alicyclic amines) is 1. The van der Waals surface area contributed by atoms with Gasteiger partial charge in [0.05, 0.1) is 38.0 Å². The topological polar surface area (TPSA) is 70.2 Å². The molecule has 116 valence electrons. The number of nitrogens with zero attached hydrogens (tertiary/aromatic N) is 2. The fraction of sp³-hybridized carbons (Fsp3) is 0.625. The summed E-state index contributed by atoms with van der Waals surface area (Å²) in [6.45, 7) is 7.42. The summed E-state index contributed by atoms with van der Waals surface area (Å²) in [7, 11) is 0. The highest BCUT2D eigenvalue weighted by Gasteiger charge is 2.20. The van der Waals surface area contributed by atoms with E-state index in [2.05, 4.69) is 16.9 Å². The number of pyridine rings is 1. The molecule has 0 aliphatic carbocycles. The molecule has 0 amide bonds. The van der Waals surface area contributed by atoms with Gasteiger partial charge in [-0.05, 0) is 13.3 Å². The number of aliphatic hydroxyl groups is 1. The number of hydrogen-bond acceptors (Lipinski definition) is 4. The van der Waals surface area contributed by atoms with E-state index in [1.54, 1.807) is 24.2 Å². The monoisotopic (exact) mass is 292 g/mol. The first-order chi connectivity index (χ1) is 10.2. The minimum absolute atomic E-state index is 0.124. The zero-order valence-electron chi connectivity index (χ0n) is 13.0. The Hall–Kier alpha value is -1.46. The van der Waals surface area contributed by atoms with Gasteiger partial charge < -0.3 is 15.1 Å². The Labute approximate surface area is 126 Å². The third-order valence-corrected chi connectivity index (χ3v) is 4.21. The molecule has 5 heteroatoms. The first-order valence-corrected chi connectivity index (χ1v) is 7.80. The zero-order valence-corrected chi connectivity index (χ0v) is 13.0. The van der Waals surface area contributed by atoms with Crippen molar-refractivity contribution in [1.29, 1.82) is 0 Å². The van der Waals surface area contributed by atoms with E-state index in [1.165, 1.54) is 26.1 Å². The van der Waals surface area contributed by atoms with Gasteiger partial charge in [-0.15, -0.1) is 0 Å². The molecule has 0 saturated carbocycles. The molecule has 21 heavy (non-hydrogen) atoms. The van der Waals surface area contributed by atoms with Crippen molar-refractivity contribution in [1.82, 2.24) is 4.98 Å². The van der Waals surface area contributed by atoms with Crippen LogP contribution in [0.4, 0.5) is 0 Å². The summed E-state index contributed by atoms with van der Waals surface area (Å²) >= 11 is 0. The quantitative estimate of drug-likeness (QED) is 0.691. The molecule has 5 nitrogen and oxygen atoms in total. The normalized spacial score (nSPS) is 22.8. The summed E-state index contributed by atoms with van der Waals surface area (Å²) < 4.78 is 0. The number of rotatable bonds is 5. The van der Waals surface area contributed by atoms with Crippen molar-refractivity contribution in [2.45, 2.75) is 45.8 Å². The second-order valence-electron chi connectivity index (χ2n) is 5.80. The van der Waals surface area contributed by atoms with Gasteiger partial charge in [0, 0.05) is 36.4 Å².